The van der Waals surface area contributed by atoms with Gasteiger partial charge >= 0.3 is 5.97 Å². The Balaban J connectivity index is 0. The number of rotatable bonds is 3. The van der Waals surface area contributed by atoms with Gasteiger partial charge in [0.15, 0.2) is 0 Å². The quantitative estimate of drug-likeness (QED) is 0.838. The Kier molecular flexibility index (Phi) is 9.30. The monoisotopic (exact) mass is 285 g/mol. The summed E-state index contributed by atoms with van der Waals surface area (Å²) < 4.78 is 0. The van der Waals surface area contributed by atoms with Crippen LogP contribution in [0.4, 0.5) is 0 Å². The van der Waals surface area contributed by atoms with Crippen LogP contribution in [0.1, 0.15) is 46.5 Å². The fourth-order valence-electron chi connectivity index (χ4n) is 2.21. The highest BCUT2D eigenvalue weighted by molar-refractivity contribution is 5.85. The molecule has 0 radical (unpaired) electrons. The summed E-state index contributed by atoms with van der Waals surface area (Å²) in [7, 11) is 0. The number of aliphatic carboxylic acids is 1. The summed E-state index contributed by atoms with van der Waals surface area (Å²) in [5, 5.41) is 12.5. The third-order valence-corrected chi connectivity index (χ3v) is 3.12. The lowest BCUT2D eigenvalue weighted by atomic mass is 9.79. The number of carboxylic acids is 1. The fourth-order valence-corrected chi connectivity index (χ4v) is 2.21. The summed E-state index contributed by atoms with van der Waals surface area (Å²) in [6, 6.07) is 0. The summed E-state index contributed by atoms with van der Waals surface area (Å²) in [4.78, 5) is 11.1. The lowest BCUT2D eigenvalue weighted by Crippen LogP contribution is -2.42. The molecule has 1 saturated carbocycles. The Bertz CT molecular complexity index is 229. The number of carbonyl (C=O) groups is 1. The van der Waals surface area contributed by atoms with Crippen molar-refractivity contribution >= 4 is 30.8 Å². The van der Waals surface area contributed by atoms with E-state index in [0.717, 1.165) is 25.8 Å². The maximum Gasteiger partial charge on any atom is 0.306 e. The van der Waals surface area contributed by atoms with E-state index in [1.807, 2.05) is 0 Å². The van der Waals surface area contributed by atoms with E-state index in [1.54, 1.807) is 0 Å². The molecule has 5 heteroatoms. The third-order valence-electron chi connectivity index (χ3n) is 3.12. The zero-order valence-corrected chi connectivity index (χ0v) is 12.5. The molecule has 2 unspecified atom stereocenters. The highest BCUT2D eigenvalue weighted by Gasteiger charge is 2.31. The molecule has 1 aliphatic rings. The Morgan fingerprint density at radius 2 is 1.76 bits per heavy atom. The SMILES string of the molecule is CC(C)(C)NCC1CCCCC1C(=O)O.Cl.Cl. The van der Waals surface area contributed by atoms with Gasteiger partial charge in [0, 0.05) is 5.54 Å². The van der Waals surface area contributed by atoms with Crippen LogP contribution in [-0.4, -0.2) is 23.2 Å². The Labute approximate surface area is 117 Å². The molecule has 0 saturated heterocycles. The highest BCUT2D eigenvalue weighted by atomic mass is 35.5. The van der Waals surface area contributed by atoms with E-state index in [1.165, 1.54) is 6.42 Å². The molecule has 0 aliphatic heterocycles. The molecule has 2 atom stereocenters. The van der Waals surface area contributed by atoms with Crippen LogP contribution in [0.15, 0.2) is 0 Å². The van der Waals surface area contributed by atoms with Crippen molar-refractivity contribution in [2.24, 2.45) is 11.8 Å². The molecule has 0 aromatic carbocycles. The maximum absolute atomic E-state index is 11.1. The summed E-state index contributed by atoms with van der Waals surface area (Å²) in [5.74, 6) is -0.431. The minimum Gasteiger partial charge on any atom is -0.481 e. The van der Waals surface area contributed by atoms with E-state index in [2.05, 4.69) is 26.1 Å². The zero-order valence-electron chi connectivity index (χ0n) is 10.9. The number of halogens is 2. The molecule has 1 rings (SSSR count). The average molecular weight is 286 g/mol. The topological polar surface area (TPSA) is 49.3 Å². The van der Waals surface area contributed by atoms with Crippen LogP contribution in [-0.2, 0) is 4.79 Å². The predicted molar refractivity (Wildman–Crippen MR) is 75.3 cm³/mol. The highest BCUT2D eigenvalue weighted by Crippen LogP contribution is 2.30. The number of hydrogen-bond acceptors (Lipinski definition) is 2. The molecule has 0 amide bonds. The van der Waals surface area contributed by atoms with Gasteiger partial charge < -0.3 is 10.4 Å². The molecule has 1 fully saturated rings. The van der Waals surface area contributed by atoms with Crippen molar-refractivity contribution in [1.82, 2.24) is 5.32 Å². The lowest BCUT2D eigenvalue weighted by molar-refractivity contribution is -0.144. The first kappa shape index (κ1) is 19.4. The molecular weight excluding hydrogens is 261 g/mol. The van der Waals surface area contributed by atoms with Crippen LogP contribution in [0.3, 0.4) is 0 Å². The van der Waals surface area contributed by atoms with Crippen molar-refractivity contribution in [3.8, 4) is 0 Å². The first-order valence-corrected chi connectivity index (χ1v) is 5.88. The molecule has 0 spiro atoms. The molecule has 1 aliphatic carbocycles. The van der Waals surface area contributed by atoms with Crippen molar-refractivity contribution in [2.45, 2.75) is 52.0 Å². The van der Waals surface area contributed by atoms with Crippen LogP contribution in [0.2, 0.25) is 0 Å². The number of carboxylic acid groups (broad SMARTS) is 1. The summed E-state index contributed by atoms with van der Waals surface area (Å²) in [5.41, 5.74) is 0.0838. The van der Waals surface area contributed by atoms with Crippen LogP contribution in [0, 0.1) is 11.8 Å². The van der Waals surface area contributed by atoms with E-state index >= 15 is 0 Å². The van der Waals surface area contributed by atoms with Gasteiger partial charge in [0.05, 0.1) is 5.92 Å². The van der Waals surface area contributed by atoms with E-state index in [-0.39, 0.29) is 36.3 Å². The smallest absolute Gasteiger partial charge is 0.306 e. The first-order chi connectivity index (χ1) is 6.90. The van der Waals surface area contributed by atoms with Gasteiger partial charge in [-0.05, 0) is 46.1 Å². The molecule has 3 nitrogen and oxygen atoms in total. The van der Waals surface area contributed by atoms with Gasteiger partial charge in [0.25, 0.3) is 0 Å². The second-order valence-corrected chi connectivity index (χ2v) is 5.62. The molecule has 104 valence electrons. The number of nitrogens with one attached hydrogen (secondary N) is 1. The van der Waals surface area contributed by atoms with Crippen LogP contribution >= 0.6 is 24.8 Å². The van der Waals surface area contributed by atoms with Gasteiger partial charge in [-0.2, -0.15) is 0 Å². The lowest BCUT2D eigenvalue weighted by Gasteiger charge is -2.31. The minimum absolute atomic E-state index is 0. The molecule has 0 bridgehead atoms. The largest absolute Gasteiger partial charge is 0.481 e. The standard InChI is InChI=1S/C12H23NO2.2ClH/c1-12(2,3)13-8-9-6-4-5-7-10(9)11(14)15;;/h9-10,13H,4-8H2,1-3H3,(H,14,15);2*1H. The van der Waals surface area contributed by atoms with Crippen LogP contribution in [0.5, 0.6) is 0 Å². The molecule has 17 heavy (non-hydrogen) atoms. The van der Waals surface area contributed by atoms with Crippen molar-refractivity contribution in [2.75, 3.05) is 6.54 Å². The number of hydrogen-bond donors (Lipinski definition) is 2. The molecular formula is C12H25Cl2NO2. The van der Waals surface area contributed by atoms with Gasteiger partial charge in [0.2, 0.25) is 0 Å². The normalized spacial score (nSPS) is 24.4. The maximum atomic E-state index is 11.1. The van der Waals surface area contributed by atoms with Crippen molar-refractivity contribution in [3.05, 3.63) is 0 Å². The Morgan fingerprint density at radius 1 is 1.24 bits per heavy atom. The second-order valence-electron chi connectivity index (χ2n) is 5.62. The molecule has 0 heterocycles. The summed E-state index contributed by atoms with van der Waals surface area (Å²) >= 11 is 0. The van der Waals surface area contributed by atoms with E-state index in [0.29, 0.717) is 5.92 Å². The average Bonchev–Trinajstić information content (AvgIpc) is 2.14. The molecule has 0 aromatic rings. The van der Waals surface area contributed by atoms with Crippen LogP contribution in [0.25, 0.3) is 0 Å². The predicted octanol–water partition coefficient (Wildman–Crippen LogP) is 3.11. The van der Waals surface area contributed by atoms with E-state index in [4.69, 9.17) is 5.11 Å². The van der Waals surface area contributed by atoms with E-state index < -0.39 is 5.97 Å². The van der Waals surface area contributed by atoms with Crippen molar-refractivity contribution in [1.29, 1.82) is 0 Å². The zero-order chi connectivity index (χ0) is 11.5. The van der Waals surface area contributed by atoms with Crippen LogP contribution < -0.4 is 5.32 Å². The molecule has 2 N–H and O–H groups in total. The van der Waals surface area contributed by atoms with Gasteiger partial charge in [-0.1, -0.05) is 12.8 Å². The summed E-state index contributed by atoms with van der Waals surface area (Å²) in [6.07, 6.45) is 4.16. The Hall–Kier alpha value is 0.01000. The van der Waals surface area contributed by atoms with Gasteiger partial charge in [-0.3, -0.25) is 4.79 Å². The van der Waals surface area contributed by atoms with Gasteiger partial charge in [-0.25, -0.2) is 0 Å². The first-order valence-electron chi connectivity index (χ1n) is 5.88. The minimum atomic E-state index is -0.615. The third kappa shape index (κ3) is 7.12. The second kappa shape index (κ2) is 8.17. The Morgan fingerprint density at radius 3 is 2.24 bits per heavy atom. The summed E-state index contributed by atoms with van der Waals surface area (Å²) in [6.45, 7) is 7.18. The molecule has 0 aromatic heterocycles. The van der Waals surface area contributed by atoms with Crippen molar-refractivity contribution in [3.63, 3.8) is 0 Å². The van der Waals surface area contributed by atoms with Crippen molar-refractivity contribution < 1.29 is 9.90 Å². The van der Waals surface area contributed by atoms with Gasteiger partial charge in [0.1, 0.15) is 0 Å². The fraction of sp³-hybridized carbons (Fsp3) is 0.917. The van der Waals surface area contributed by atoms with E-state index in [9.17, 15) is 4.79 Å². The van der Waals surface area contributed by atoms with Gasteiger partial charge in [-0.15, -0.1) is 24.8 Å².